The summed E-state index contributed by atoms with van der Waals surface area (Å²) in [6.07, 6.45) is -0.729. The van der Waals surface area contributed by atoms with Crippen molar-refractivity contribution in [1.29, 1.82) is 0 Å². The van der Waals surface area contributed by atoms with E-state index in [4.69, 9.17) is 4.74 Å². The van der Waals surface area contributed by atoms with Crippen molar-refractivity contribution in [2.24, 2.45) is 0 Å². The highest BCUT2D eigenvalue weighted by molar-refractivity contribution is 5.69. The third kappa shape index (κ3) is 4.87. The van der Waals surface area contributed by atoms with E-state index in [-0.39, 0.29) is 12.1 Å². The zero-order valence-corrected chi connectivity index (χ0v) is 13.9. The van der Waals surface area contributed by atoms with Crippen molar-refractivity contribution in [2.45, 2.75) is 45.4 Å². The van der Waals surface area contributed by atoms with Gasteiger partial charge in [0.25, 0.3) is 0 Å². The molecule has 0 radical (unpaired) electrons. The minimum absolute atomic E-state index is 0.208. The summed E-state index contributed by atoms with van der Waals surface area (Å²) in [6.45, 7) is 6.65. The fraction of sp³-hybridized carbons (Fsp3) is 0.529. The SMILES string of the molecule is CC(C)(C)OC(=O)N1CCC(N(Cc2ccccc2)C(=O)O)C1. The van der Waals surface area contributed by atoms with Crippen molar-refractivity contribution < 1.29 is 19.4 Å². The Hall–Kier alpha value is -2.24. The van der Waals surface area contributed by atoms with Gasteiger partial charge in [-0.25, -0.2) is 9.59 Å². The van der Waals surface area contributed by atoms with Gasteiger partial charge in [0.15, 0.2) is 0 Å². The maximum absolute atomic E-state index is 12.1. The number of likely N-dealkylation sites (tertiary alicyclic amines) is 1. The molecule has 126 valence electrons. The summed E-state index contributed by atoms with van der Waals surface area (Å²) in [5.74, 6) is 0. The highest BCUT2D eigenvalue weighted by Gasteiger charge is 2.34. The molecule has 2 amide bonds. The molecule has 1 aliphatic rings. The van der Waals surface area contributed by atoms with Gasteiger partial charge in [-0.2, -0.15) is 0 Å². The smallest absolute Gasteiger partial charge is 0.410 e. The third-order valence-electron chi connectivity index (χ3n) is 3.70. The Kier molecular flexibility index (Phi) is 5.13. The van der Waals surface area contributed by atoms with Crippen LogP contribution in [0.5, 0.6) is 0 Å². The van der Waals surface area contributed by atoms with Crippen LogP contribution < -0.4 is 0 Å². The molecule has 6 heteroatoms. The van der Waals surface area contributed by atoms with E-state index in [1.54, 1.807) is 4.90 Å². The molecule has 2 rings (SSSR count). The van der Waals surface area contributed by atoms with Crippen LogP contribution in [-0.4, -0.2) is 51.8 Å². The molecular formula is C17H24N2O4. The number of hydrogen-bond donors (Lipinski definition) is 1. The number of carboxylic acid groups (broad SMARTS) is 1. The average molecular weight is 320 g/mol. The minimum atomic E-state index is -0.968. The van der Waals surface area contributed by atoms with Gasteiger partial charge in [0, 0.05) is 19.6 Å². The number of carbonyl (C=O) groups is 2. The minimum Gasteiger partial charge on any atom is -0.465 e. The van der Waals surface area contributed by atoms with Gasteiger partial charge in [0.05, 0.1) is 6.04 Å². The van der Waals surface area contributed by atoms with E-state index in [0.29, 0.717) is 26.1 Å². The second kappa shape index (κ2) is 6.89. The largest absolute Gasteiger partial charge is 0.465 e. The first kappa shape index (κ1) is 17.1. The Bertz CT molecular complexity index is 553. The van der Waals surface area contributed by atoms with Gasteiger partial charge in [0.1, 0.15) is 5.60 Å². The molecule has 1 aromatic rings. The Morgan fingerprint density at radius 2 is 1.96 bits per heavy atom. The van der Waals surface area contributed by atoms with Gasteiger partial charge in [-0.1, -0.05) is 30.3 Å². The quantitative estimate of drug-likeness (QED) is 0.928. The number of benzene rings is 1. The van der Waals surface area contributed by atoms with E-state index in [1.807, 2.05) is 51.1 Å². The van der Waals surface area contributed by atoms with Crippen LogP contribution in [0, 0.1) is 0 Å². The first-order valence-corrected chi connectivity index (χ1v) is 7.77. The summed E-state index contributed by atoms with van der Waals surface area (Å²) < 4.78 is 5.35. The van der Waals surface area contributed by atoms with Crippen molar-refractivity contribution in [1.82, 2.24) is 9.80 Å². The summed E-state index contributed by atoms with van der Waals surface area (Å²) in [5.41, 5.74) is 0.386. The lowest BCUT2D eigenvalue weighted by Crippen LogP contribution is -2.42. The molecule has 1 N–H and O–H groups in total. The fourth-order valence-electron chi connectivity index (χ4n) is 2.62. The van der Waals surface area contributed by atoms with Crippen LogP contribution in [-0.2, 0) is 11.3 Å². The summed E-state index contributed by atoms with van der Waals surface area (Å²) in [6, 6.07) is 9.26. The fourth-order valence-corrected chi connectivity index (χ4v) is 2.62. The van der Waals surface area contributed by atoms with E-state index < -0.39 is 11.7 Å². The van der Waals surface area contributed by atoms with E-state index in [1.165, 1.54) is 4.90 Å². The number of hydrogen-bond acceptors (Lipinski definition) is 3. The molecule has 0 saturated carbocycles. The Morgan fingerprint density at radius 3 is 2.52 bits per heavy atom. The second-order valence-electron chi connectivity index (χ2n) is 6.76. The standard InChI is InChI=1S/C17H24N2O4/c1-17(2,3)23-16(22)18-10-9-14(12-18)19(15(20)21)11-13-7-5-4-6-8-13/h4-8,14H,9-12H2,1-3H3,(H,20,21). The first-order chi connectivity index (χ1) is 10.8. The molecule has 0 aromatic heterocycles. The van der Waals surface area contributed by atoms with Crippen LogP contribution in [0.2, 0.25) is 0 Å². The lowest BCUT2D eigenvalue weighted by atomic mass is 10.1. The number of ether oxygens (including phenoxy) is 1. The lowest BCUT2D eigenvalue weighted by Gasteiger charge is -2.27. The van der Waals surface area contributed by atoms with Crippen molar-refractivity contribution in [3.05, 3.63) is 35.9 Å². The van der Waals surface area contributed by atoms with Crippen LogP contribution in [0.1, 0.15) is 32.8 Å². The van der Waals surface area contributed by atoms with Crippen molar-refractivity contribution in [3.63, 3.8) is 0 Å². The highest BCUT2D eigenvalue weighted by Crippen LogP contribution is 2.21. The predicted octanol–water partition coefficient (Wildman–Crippen LogP) is 3.18. The topological polar surface area (TPSA) is 70.1 Å². The lowest BCUT2D eigenvalue weighted by molar-refractivity contribution is 0.0278. The zero-order valence-electron chi connectivity index (χ0n) is 13.9. The average Bonchev–Trinajstić information content (AvgIpc) is 2.93. The van der Waals surface area contributed by atoms with Crippen LogP contribution in [0.4, 0.5) is 9.59 Å². The normalized spacial score (nSPS) is 17.9. The molecule has 1 aromatic carbocycles. The van der Waals surface area contributed by atoms with E-state index in [9.17, 15) is 14.7 Å². The highest BCUT2D eigenvalue weighted by atomic mass is 16.6. The van der Waals surface area contributed by atoms with Crippen LogP contribution >= 0.6 is 0 Å². The van der Waals surface area contributed by atoms with E-state index in [2.05, 4.69) is 0 Å². The molecule has 6 nitrogen and oxygen atoms in total. The third-order valence-corrected chi connectivity index (χ3v) is 3.70. The van der Waals surface area contributed by atoms with Crippen molar-refractivity contribution >= 4 is 12.2 Å². The molecule has 1 unspecified atom stereocenters. The van der Waals surface area contributed by atoms with E-state index in [0.717, 1.165) is 5.56 Å². The number of carbonyl (C=O) groups excluding carboxylic acids is 1. The molecule has 1 saturated heterocycles. The van der Waals surface area contributed by atoms with Gasteiger partial charge in [-0.05, 0) is 32.8 Å². The molecular weight excluding hydrogens is 296 g/mol. The number of rotatable bonds is 3. The molecule has 1 atom stereocenters. The Balaban J connectivity index is 1.99. The van der Waals surface area contributed by atoms with Gasteiger partial charge < -0.3 is 14.7 Å². The van der Waals surface area contributed by atoms with Crippen LogP contribution in [0.25, 0.3) is 0 Å². The Morgan fingerprint density at radius 1 is 1.30 bits per heavy atom. The summed E-state index contributed by atoms with van der Waals surface area (Å²) in [5, 5.41) is 9.50. The Labute approximate surface area is 136 Å². The maximum Gasteiger partial charge on any atom is 0.410 e. The molecule has 0 bridgehead atoms. The van der Waals surface area contributed by atoms with Crippen molar-refractivity contribution in [2.75, 3.05) is 13.1 Å². The number of amides is 2. The molecule has 1 fully saturated rings. The molecule has 1 aliphatic heterocycles. The van der Waals surface area contributed by atoms with Gasteiger partial charge in [-0.15, -0.1) is 0 Å². The van der Waals surface area contributed by atoms with Crippen molar-refractivity contribution in [3.8, 4) is 0 Å². The molecule has 1 heterocycles. The molecule has 0 aliphatic carbocycles. The van der Waals surface area contributed by atoms with E-state index >= 15 is 0 Å². The summed E-state index contributed by atoms with van der Waals surface area (Å²) in [4.78, 5) is 26.7. The molecule has 23 heavy (non-hydrogen) atoms. The van der Waals surface area contributed by atoms with Crippen LogP contribution in [0.3, 0.4) is 0 Å². The molecule has 0 spiro atoms. The van der Waals surface area contributed by atoms with Crippen LogP contribution in [0.15, 0.2) is 30.3 Å². The summed E-state index contributed by atoms with van der Waals surface area (Å²) >= 11 is 0. The van der Waals surface area contributed by atoms with Gasteiger partial charge in [-0.3, -0.25) is 4.90 Å². The van der Waals surface area contributed by atoms with Gasteiger partial charge in [0.2, 0.25) is 0 Å². The predicted molar refractivity (Wildman–Crippen MR) is 86.2 cm³/mol. The second-order valence-corrected chi connectivity index (χ2v) is 6.76. The van der Waals surface area contributed by atoms with Gasteiger partial charge >= 0.3 is 12.2 Å². The monoisotopic (exact) mass is 320 g/mol. The summed E-state index contributed by atoms with van der Waals surface area (Å²) in [7, 11) is 0. The maximum atomic E-state index is 12.1. The first-order valence-electron chi connectivity index (χ1n) is 7.77. The number of nitrogens with zero attached hydrogens (tertiary/aromatic N) is 2. The zero-order chi connectivity index (χ0) is 17.0.